The third kappa shape index (κ3) is 5.33. The van der Waals surface area contributed by atoms with Crippen LogP contribution in [0.25, 0.3) is 0 Å². The Kier molecular flexibility index (Phi) is 6.77. The third-order valence-corrected chi connectivity index (χ3v) is 7.01. The summed E-state index contributed by atoms with van der Waals surface area (Å²) < 4.78 is 41.4. The van der Waals surface area contributed by atoms with Crippen molar-refractivity contribution >= 4 is 22.0 Å². The molecule has 9 heteroatoms. The lowest BCUT2D eigenvalue weighted by Crippen LogP contribution is -2.48. The van der Waals surface area contributed by atoms with Crippen molar-refractivity contribution in [2.24, 2.45) is 11.8 Å². The minimum atomic E-state index is -3.25. The normalized spacial score (nSPS) is 31.0. The second-order valence-electron chi connectivity index (χ2n) is 7.98. The van der Waals surface area contributed by atoms with Gasteiger partial charge in [-0.15, -0.1) is 0 Å². The molecule has 28 heavy (non-hydrogen) atoms. The standard InChI is InChI=1S/C19H29NO7S/c1-13(10-17(21)26-16-4-3-8-25-9-7-16)19(22)27-18-14-5-6-15(18)12-20(11-14)28(2,23)24/h14-16,18H,1,3-12H2,2H3/t14-,15+,16?,18?. The maximum atomic E-state index is 12.4. The topological polar surface area (TPSA) is 99.2 Å². The van der Waals surface area contributed by atoms with E-state index in [2.05, 4.69) is 6.58 Å². The molecular weight excluding hydrogens is 386 g/mol. The van der Waals surface area contributed by atoms with E-state index in [1.165, 1.54) is 10.6 Å². The van der Waals surface area contributed by atoms with Crippen molar-refractivity contribution in [2.75, 3.05) is 32.6 Å². The summed E-state index contributed by atoms with van der Waals surface area (Å²) in [6.07, 6.45) is 4.40. The Balaban J connectivity index is 1.48. The van der Waals surface area contributed by atoms with Crippen LogP contribution >= 0.6 is 0 Å². The van der Waals surface area contributed by atoms with E-state index in [-0.39, 0.29) is 36.0 Å². The molecule has 2 aliphatic heterocycles. The zero-order valence-electron chi connectivity index (χ0n) is 16.3. The molecule has 2 bridgehead atoms. The number of rotatable bonds is 6. The molecule has 2 unspecified atom stereocenters. The Morgan fingerprint density at radius 1 is 1.07 bits per heavy atom. The van der Waals surface area contributed by atoms with Crippen LogP contribution in [0.3, 0.4) is 0 Å². The van der Waals surface area contributed by atoms with Gasteiger partial charge in [-0.25, -0.2) is 17.5 Å². The van der Waals surface area contributed by atoms with Gasteiger partial charge in [0.25, 0.3) is 0 Å². The second-order valence-corrected chi connectivity index (χ2v) is 9.97. The summed E-state index contributed by atoms with van der Waals surface area (Å²) in [5.41, 5.74) is 0.0693. The monoisotopic (exact) mass is 415 g/mol. The van der Waals surface area contributed by atoms with Gasteiger partial charge in [0.2, 0.25) is 10.0 Å². The molecule has 3 fully saturated rings. The van der Waals surface area contributed by atoms with Gasteiger partial charge in [0.15, 0.2) is 0 Å². The van der Waals surface area contributed by atoms with Crippen molar-refractivity contribution in [1.82, 2.24) is 4.31 Å². The molecule has 0 amide bonds. The van der Waals surface area contributed by atoms with Crippen LogP contribution in [-0.4, -0.2) is 69.4 Å². The zero-order chi connectivity index (χ0) is 20.3. The predicted molar refractivity (Wildman–Crippen MR) is 101 cm³/mol. The molecule has 1 saturated carbocycles. The number of fused-ring (bicyclic) bond motifs is 2. The lowest BCUT2D eigenvalue weighted by Gasteiger charge is -2.36. The first kappa shape index (κ1) is 21.3. The molecule has 0 aromatic carbocycles. The molecule has 0 aromatic heterocycles. The number of ether oxygens (including phenoxy) is 3. The highest BCUT2D eigenvalue weighted by atomic mass is 32.2. The number of sulfonamides is 1. The highest BCUT2D eigenvalue weighted by Crippen LogP contribution is 2.40. The van der Waals surface area contributed by atoms with E-state index >= 15 is 0 Å². The molecule has 3 aliphatic rings. The van der Waals surface area contributed by atoms with Crippen LogP contribution in [0.2, 0.25) is 0 Å². The molecule has 3 rings (SSSR count). The van der Waals surface area contributed by atoms with Gasteiger partial charge in [-0.1, -0.05) is 6.58 Å². The Bertz CT molecular complexity index is 698. The molecular formula is C19H29NO7S. The van der Waals surface area contributed by atoms with Gasteiger partial charge in [-0.2, -0.15) is 0 Å². The predicted octanol–water partition coefficient (Wildman–Crippen LogP) is 1.26. The Hall–Kier alpha value is -1.45. The van der Waals surface area contributed by atoms with Crippen molar-refractivity contribution in [3.63, 3.8) is 0 Å². The number of nitrogens with zero attached hydrogens (tertiary/aromatic N) is 1. The second kappa shape index (κ2) is 8.92. The van der Waals surface area contributed by atoms with Crippen LogP contribution in [-0.2, 0) is 33.8 Å². The first-order chi connectivity index (χ1) is 13.2. The van der Waals surface area contributed by atoms with Gasteiger partial charge >= 0.3 is 11.9 Å². The van der Waals surface area contributed by atoms with Gasteiger partial charge in [0.05, 0.1) is 19.3 Å². The summed E-state index contributed by atoms with van der Waals surface area (Å²) in [5, 5.41) is 0. The maximum absolute atomic E-state index is 12.4. The quantitative estimate of drug-likeness (QED) is 0.476. The molecule has 2 heterocycles. The largest absolute Gasteiger partial charge is 0.462 e. The lowest BCUT2D eigenvalue weighted by atomic mass is 9.96. The van der Waals surface area contributed by atoms with Crippen molar-refractivity contribution in [3.8, 4) is 0 Å². The van der Waals surface area contributed by atoms with Crippen LogP contribution in [0.1, 0.15) is 38.5 Å². The first-order valence-corrected chi connectivity index (χ1v) is 11.7. The molecule has 0 N–H and O–H groups in total. The van der Waals surface area contributed by atoms with E-state index in [0.717, 1.165) is 25.7 Å². The van der Waals surface area contributed by atoms with Gasteiger partial charge in [-0.05, 0) is 25.7 Å². The summed E-state index contributed by atoms with van der Waals surface area (Å²) in [6, 6.07) is 0. The number of esters is 2. The Morgan fingerprint density at radius 2 is 1.75 bits per heavy atom. The zero-order valence-corrected chi connectivity index (χ0v) is 17.1. The smallest absolute Gasteiger partial charge is 0.334 e. The van der Waals surface area contributed by atoms with E-state index in [0.29, 0.717) is 32.7 Å². The van der Waals surface area contributed by atoms with Crippen LogP contribution in [0.15, 0.2) is 12.2 Å². The minimum absolute atomic E-state index is 0.0110. The average molecular weight is 416 g/mol. The molecule has 0 radical (unpaired) electrons. The van der Waals surface area contributed by atoms with E-state index < -0.39 is 22.0 Å². The fraction of sp³-hybridized carbons (Fsp3) is 0.789. The van der Waals surface area contributed by atoms with Crippen LogP contribution < -0.4 is 0 Å². The highest BCUT2D eigenvalue weighted by Gasteiger charge is 2.46. The van der Waals surface area contributed by atoms with Crippen LogP contribution in [0.4, 0.5) is 0 Å². The number of hydrogen-bond acceptors (Lipinski definition) is 7. The van der Waals surface area contributed by atoms with Gasteiger partial charge < -0.3 is 14.2 Å². The SMILES string of the molecule is C=C(CC(=O)OC1CCCOCC1)C(=O)OC1[C@@H]2CC[C@H]1CN(S(C)(=O)=O)C2. The van der Waals surface area contributed by atoms with Crippen molar-refractivity contribution in [1.29, 1.82) is 0 Å². The van der Waals surface area contributed by atoms with Gasteiger partial charge in [0.1, 0.15) is 12.2 Å². The van der Waals surface area contributed by atoms with Crippen LogP contribution in [0.5, 0.6) is 0 Å². The van der Waals surface area contributed by atoms with E-state index in [1.807, 2.05) is 0 Å². The fourth-order valence-corrected chi connectivity index (χ4v) is 5.19. The Labute approximate surface area is 166 Å². The lowest BCUT2D eigenvalue weighted by molar-refractivity contribution is -0.154. The van der Waals surface area contributed by atoms with Crippen molar-refractivity contribution in [3.05, 3.63) is 12.2 Å². The summed E-state index contributed by atoms with van der Waals surface area (Å²) in [7, 11) is -3.25. The van der Waals surface area contributed by atoms with E-state index in [9.17, 15) is 18.0 Å². The summed E-state index contributed by atoms with van der Waals surface area (Å²) >= 11 is 0. The van der Waals surface area contributed by atoms with Gasteiger partial charge in [0, 0.05) is 43.5 Å². The third-order valence-electron chi connectivity index (χ3n) is 5.77. The van der Waals surface area contributed by atoms with E-state index in [1.54, 1.807) is 0 Å². The molecule has 8 nitrogen and oxygen atoms in total. The van der Waals surface area contributed by atoms with Crippen molar-refractivity contribution in [2.45, 2.75) is 50.7 Å². The van der Waals surface area contributed by atoms with E-state index in [4.69, 9.17) is 14.2 Å². The fourth-order valence-electron chi connectivity index (χ4n) is 4.27. The maximum Gasteiger partial charge on any atom is 0.334 e. The Morgan fingerprint density at radius 3 is 2.39 bits per heavy atom. The molecule has 0 aromatic rings. The number of hydrogen-bond donors (Lipinski definition) is 0. The number of carbonyl (C=O) groups excluding carboxylic acids is 2. The van der Waals surface area contributed by atoms with Crippen molar-refractivity contribution < 1.29 is 32.2 Å². The number of carbonyl (C=O) groups is 2. The summed E-state index contributed by atoms with van der Waals surface area (Å²) in [5.74, 6) is -1.11. The first-order valence-electron chi connectivity index (χ1n) is 9.85. The van der Waals surface area contributed by atoms with Gasteiger partial charge in [-0.3, -0.25) is 4.79 Å². The number of piperidine rings is 1. The molecule has 2 saturated heterocycles. The minimum Gasteiger partial charge on any atom is -0.462 e. The molecule has 0 spiro atoms. The molecule has 158 valence electrons. The summed E-state index contributed by atoms with van der Waals surface area (Å²) in [6.45, 7) is 5.66. The average Bonchev–Trinajstić information content (AvgIpc) is 2.83. The molecule has 1 aliphatic carbocycles. The molecule has 4 atom stereocenters. The van der Waals surface area contributed by atoms with Crippen LogP contribution in [0, 0.1) is 11.8 Å². The highest BCUT2D eigenvalue weighted by molar-refractivity contribution is 7.88. The summed E-state index contributed by atoms with van der Waals surface area (Å²) in [4.78, 5) is 24.5.